The fraction of sp³-hybridized carbons (Fsp3) is 0.583. The predicted octanol–water partition coefficient (Wildman–Crippen LogP) is 2.29. The zero-order chi connectivity index (χ0) is 11.1. The molecule has 3 heteroatoms. The Labute approximate surface area is 91.9 Å². The normalized spacial score (nSPS) is 10.3. The molecule has 0 saturated heterocycles. The predicted molar refractivity (Wildman–Crippen MR) is 62.1 cm³/mol. The molecule has 0 radical (unpaired) electrons. The highest BCUT2D eigenvalue weighted by atomic mass is 16.5. The molecule has 0 atom stereocenters. The Morgan fingerprint density at radius 1 is 1.33 bits per heavy atom. The molecule has 1 aromatic rings. The van der Waals surface area contributed by atoms with Crippen molar-refractivity contribution in [3.05, 3.63) is 23.4 Å². The van der Waals surface area contributed by atoms with E-state index >= 15 is 0 Å². The average molecular weight is 208 g/mol. The van der Waals surface area contributed by atoms with Gasteiger partial charge in [-0.2, -0.15) is 0 Å². The third-order valence-corrected chi connectivity index (χ3v) is 2.19. The third-order valence-electron chi connectivity index (χ3n) is 2.19. The number of hydrogen-bond acceptors (Lipinski definition) is 3. The number of aromatic nitrogens is 1. The summed E-state index contributed by atoms with van der Waals surface area (Å²) < 4.78 is 5.46. The molecule has 84 valence electrons. The van der Waals surface area contributed by atoms with Crippen LogP contribution in [0, 0.1) is 6.92 Å². The highest BCUT2D eigenvalue weighted by Crippen LogP contribution is 2.12. The number of nitrogens with zero attached hydrogens (tertiary/aromatic N) is 1. The van der Waals surface area contributed by atoms with Gasteiger partial charge in [0.05, 0.1) is 6.61 Å². The summed E-state index contributed by atoms with van der Waals surface area (Å²) in [5.41, 5.74) is 2.28. The zero-order valence-electron chi connectivity index (χ0n) is 9.84. The number of nitrogens with one attached hydrogen (secondary N) is 1. The Bertz CT molecular complexity index is 300. The van der Waals surface area contributed by atoms with E-state index in [1.165, 1.54) is 5.56 Å². The highest BCUT2D eigenvalue weighted by molar-refractivity contribution is 5.24. The quantitative estimate of drug-likeness (QED) is 0.779. The third kappa shape index (κ3) is 3.88. The molecule has 0 aliphatic heterocycles. The van der Waals surface area contributed by atoms with Crippen LogP contribution in [0.2, 0.25) is 0 Å². The minimum Gasteiger partial charge on any atom is -0.478 e. The van der Waals surface area contributed by atoms with Crippen LogP contribution in [0.4, 0.5) is 0 Å². The maximum Gasteiger partial charge on any atom is 0.213 e. The van der Waals surface area contributed by atoms with E-state index in [1.54, 1.807) is 0 Å². The van der Waals surface area contributed by atoms with Crippen molar-refractivity contribution in [3.8, 4) is 5.88 Å². The molecule has 0 bridgehead atoms. The highest BCUT2D eigenvalue weighted by Gasteiger charge is 2.01. The minimum absolute atomic E-state index is 0.731. The van der Waals surface area contributed by atoms with Crippen molar-refractivity contribution in [2.45, 2.75) is 33.7 Å². The summed E-state index contributed by atoms with van der Waals surface area (Å²) in [6.45, 7) is 8.80. The van der Waals surface area contributed by atoms with E-state index in [2.05, 4.69) is 30.2 Å². The molecule has 0 aromatic carbocycles. The second-order valence-corrected chi connectivity index (χ2v) is 3.52. The Balaban J connectivity index is 2.61. The zero-order valence-corrected chi connectivity index (χ0v) is 9.84. The number of aryl methyl sites for hydroxylation is 1. The van der Waals surface area contributed by atoms with Crippen LogP contribution >= 0.6 is 0 Å². The first kappa shape index (κ1) is 12.0. The van der Waals surface area contributed by atoms with Crippen LogP contribution in [0.15, 0.2) is 12.1 Å². The van der Waals surface area contributed by atoms with Crippen LogP contribution in [0.5, 0.6) is 5.88 Å². The number of pyridine rings is 1. The van der Waals surface area contributed by atoms with Crippen LogP contribution < -0.4 is 10.1 Å². The van der Waals surface area contributed by atoms with Crippen LogP contribution in [-0.2, 0) is 6.54 Å². The topological polar surface area (TPSA) is 34.1 Å². The Hall–Kier alpha value is -1.09. The van der Waals surface area contributed by atoms with E-state index in [9.17, 15) is 0 Å². The van der Waals surface area contributed by atoms with E-state index in [0.29, 0.717) is 0 Å². The van der Waals surface area contributed by atoms with Gasteiger partial charge < -0.3 is 10.1 Å². The van der Waals surface area contributed by atoms with E-state index < -0.39 is 0 Å². The van der Waals surface area contributed by atoms with Gasteiger partial charge >= 0.3 is 0 Å². The van der Waals surface area contributed by atoms with Gasteiger partial charge in [-0.1, -0.05) is 19.9 Å². The first-order chi connectivity index (χ1) is 7.27. The van der Waals surface area contributed by atoms with Gasteiger partial charge in [0.1, 0.15) is 0 Å². The van der Waals surface area contributed by atoms with E-state index in [-0.39, 0.29) is 0 Å². The molecular weight excluding hydrogens is 188 g/mol. The van der Waals surface area contributed by atoms with Gasteiger partial charge in [0, 0.05) is 18.3 Å². The standard InChI is InChI=1S/C12H20N2O/c1-4-8-15-12-7-6-11(9-13-5-2)10(3)14-12/h6-7,13H,4-5,8-9H2,1-3H3. The Kier molecular flexibility index (Phi) is 5.12. The summed E-state index contributed by atoms with van der Waals surface area (Å²) in [4.78, 5) is 4.40. The van der Waals surface area contributed by atoms with Crippen LogP contribution in [0.25, 0.3) is 0 Å². The van der Waals surface area contributed by atoms with Crippen molar-refractivity contribution >= 4 is 0 Å². The van der Waals surface area contributed by atoms with Crippen molar-refractivity contribution < 1.29 is 4.74 Å². The fourth-order valence-electron chi connectivity index (χ4n) is 1.30. The summed E-state index contributed by atoms with van der Waals surface area (Å²) in [6, 6.07) is 4.02. The van der Waals surface area contributed by atoms with Gasteiger partial charge in [-0.3, -0.25) is 0 Å². The monoisotopic (exact) mass is 208 g/mol. The maximum absolute atomic E-state index is 5.46. The lowest BCUT2D eigenvalue weighted by Gasteiger charge is -2.08. The molecule has 1 heterocycles. The molecule has 1 aromatic heterocycles. The molecule has 3 nitrogen and oxygen atoms in total. The molecule has 0 unspecified atom stereocenters. The van der Waals surface area contributed by atoms with Gasteiger partial charge in [-0.25, -0.2) is 4.98 Å². The Morgan fingerprint density at radius 2 is 2.13 bits per heavy atom. The van der Waals surface area contributed by atoms with Gasteiger partial charge in [-0.05, 0) is 25.5 Å². The molecule has 0 fully saturated rings. The lowest BCUT2D eigenvalue weighted by atomic mass is 10.2. The Morgan fingerprint density at radius 3 is 2.73 bits per heavy atom. The number of ether oxygens (including phenoxy) is 1. The molecule has 1 N–H and O–H groups in total. The molecule has 1 rings (SSSR count). The molecule has 0 amide bonds. The van der Waals surface area contributed by atoms with Gasteiger partial charge in [0.2, 0.25) is 5.88 Å². The van der Waals surface area contributed by atoms with Gasteiger partial charge in [-0.15, -0.1) is 0 Å². The summed E-state index contributed by atoms with van der Waals surface area (Å²) in [6.07, 6.45) is 1.01. The van der Waals surface area contributed by atoms with Crippen LogP contribution in [0.3, 0.4) is 0 Å². The molecule has 0 aliphatic rings. The molecule has 0 aliphatic carbocycles. The second kappa shape index (κ2) is 6.40. The summed E-state index contributed by atoms with van der Waals surface area (Å²) in [5.74, 6) is 0.731. The number of rotatable bonds is 6. The smallest absolute Gasteiger partial charge is 0.213 e. The average Bonchev–Trinajstić information content (AvgIpc) is 2.25. The van der Waals surface area contributed by atoms with Crippen molar-refractivity contribution in [1.29, 1.82) is 0 Å². The van der Waals surface area contributed by atoms with Gasteiger partial charge in [0.15, 0.2) is 0 Å². The first-order valence-electron chi connectivity index (χ1n) is 5.58. The molecule has 15 heavy (non-hydrogen) atoms. The van der Waals surface area contributed by atoms with Crippen molar-refractivity contribution in [1.82, 2.24) is 10.3 Å². The summed E-state index contributed by atoms with van der Waals surface area (Å²) in [7, 11) is 0. The van der Waals surface area contributed by atoms with Crippen molar-refractivity contribution in [2.24, 2.45) is 0 Å². The van der Waals surface area contributed by atoms with Crippen molar-refractivity contribution in [3.63, 3.8) is 0 Å². The van der Waals surface area contributed by atoms with E-state index in [4.69, 9.17) is 4.74 Å². The summed E-state index contributed by atoms with van der Waals surface area (Å²) >= 11 is 0. The molecule has 0 spiro atoms. The molecular formula is C12H20N2O. The van der Waals surface area contributed by atoms with Gasteiger partial charge in [0.25, 0.3) is 0 Å². The van der Waals surface area contributed by atoms with Crippen LogP contribution in [-0.4, -0.2) is 18.1 Å². The molecule has 0 saturated carbocycles. The van der Waals surface area contributed by atoms with E-state index in [0.717, 1.165) is 37.7 Å². The minimum atomic E-state index is 0.731. The lowest BCUT2D eigenvalue weighted by molar-refractivity contribution is 0.304. The largest absolute Gasteiger partial charge is 0.478 e. The van der Waals surface area contributed by atoms with Crippen molar-refractivity contribution in [2.75, 3.05) is 13.2 Å². The maximum atomic E-state index is 5.46. The second-order valence-electron chi connectivity index (χ2n) is 3.52. The van der Waals surface area contributed by atoms with E-state index in [1.807, 2.05) is 13.0 Å². The summed E-state index contributed by atoms with van der Waals surface area (Å²) in [5, 5.41) is 3.29. The fourth-order valence-corrected chi connectivity index (χ4v) is 1.30. The number of hydrogen-bond donors (Lipinski definition) is 1. The lowest BCUT2D eigenvalue weighted by Crippen LogP contribution is -2.13. The first-order valence-corrected chi connectivity index (χ1v) is 5.58. The van der Waals surface area contributed by atoms with Crippen LogP contribution in [0.1, 0.15) is 31.5 Å². The SMILES string of the molecule is CCCOc1ccc(CNCC)c(C)n1.